The Kier molecular flexibility index (Phi) is 2.25. The third-order valence-electron chi connectivity index (χ3n) is 1.56. The van der Waals surface area contributed by atoms with E-state index in [4.69, 9.17) is 11.6 Å². The summed E-state index contributed by atoms with van der Waals surface area (Å²) in [5, 5.41) is 0. The molecule has 2 unspecified atom stereocenters. The van der Waals surface area contributed by atoms with Crippen LogP contribution in [-0.4, -0.2) is 28.7 Å². The maximum atomic E-state index is 11.0. The van der Waals surface area contributed by atoms with Gasteiger partial charge in [-0.3, -0.25) is 0 Å². The molecule has 0 aromatic rings. The van der Waals surface area contributed by atoms with Gasteiger partial charge in [0, 0.05) is 3.92 Å². The smallest absolute Gasteiger partial charge is 0.153 e. The Hall–Kier alpha value is 0.970. The van der Waals surface area contributed by atoms with Gasteiger partial charge in [0.1, 0.15) is 0 Å². The van der Waals surface area contributed by atoms with Gasteiger partial charge in [0.25, 0.3) is 0 Å². The molecule has 2 atom stereocenters. The van der Waals surface area contributed by atoms with Gasteiger partial charge < -0.3 is 0 Å². The Morgan fingerprint density at radius 1 is 1.70 bits per heavy atom. The average Bonchev–Trinajstić information content (AvgIpc) is 1.73. The van der Waals surface area contributed by atoms with E-state index < -0.39 is 14.7 Å². The van der Waals surface area contributed by atoms with Crippen molar-refractivity contribution in [1.82, 2.24) is 0 Å². The quantitative estimate of drug-likeness (QED) is 0.497. The van der Waals surface area contributed by atoms with Gasteiger partial charge in [0.05, 0.1) is 16.4 Å². The van der Waals surface area contributed by atoms with Crippen molar-refractivity contribution in [3.05, 3.63) is 0 Å². The molecule has 0 aromatic heterocycles. The first-order valence-electron chi connectivity index (χ1n) is 2.87. The van der Waals surface area contributed by atoms with Crippen LogP contribution < -0.4 is 0 Å². The summed E-state index contributed by atoms with van der Waals surface area (Å²) in [5.41, 5.74) is 0. The van der Waals surface area contributed by atoms with Crippen molar-refractivity contribution in [3.63, 3.8) is 0 Å². The molecule has 0 aromatic carbocycles. The highest BCUT2D eigenvalue weighted by atomic mass is 127. The number of hydrogen-bond donors (Lipinski definition) is 0. The molecule has 2 nitrogen and oxygen atoms in total. The van der Waals surface area contributed by atoms with Crippen LogP contribution in [0.4, 0.5) is 0 Å². The summed E-state index contributed by atoms with van der Waals surface area (Å²) in [6.07, 6.45) is 0. The maximum absolute atomic E-state index is 11.0. The van der Waals surface area contributed by atoms with Crippen LogP contribution in [0.15, 0.2) is 0 Å². The second-order valence-corrected chi connectivity index (χ2v) is 7.28. The fourth-order valence-electron chi connectivity index (χ4n) is 0.976. The van der Waals surface area contributed by atoms with E-state index in [9.17, 15) is 8.42 Å². The minimum atomic E-state index is -2.84. The predicted octanol–water partition coefficient (Wildman–Crippen LogP) is 1.22. The molecule has 1 heterocycles. The Balaban J connectivity index is 2.92. The van der Waals surface area contributed by atoms with E-state index >= 15 is 0 Å². The molecule has 1 aliphatic rings. The van der Waals surface area contributed by atoms with Gasteiger partial charge in [0.15, 0.2) is 9.84 Å². The van der Waals surface area contributed by atoms with E-state index in [1.165, 1.54) is 0 Å². The molecule has 0 aliphatic carbocycles. The highest BCUT2D eigenvalue weighted by Crippen LogP contribution is 2.34. The molecule has 1 saturated heterocycles. The van der Waals surface area contributed by atoms with Crippen LogP contribution in [-0.2, 0) is 9.84 Å². The van der Waals surface area contributed by atoms with Crippen molar-refractivity contribution in [2.45, 2.75) is 15.7 Å². The zero-order chi connectivity index (χ0) is 7.99. The zero-order valence-electron chi connectivity index (χ0n) is 5.47. The van der Waals surface area contributed by atoms with E-state index in [0.29, 0.717) is 0 Å². The number of halogens is 2. The lowest BCUT2D eigenvalue weighted by molar-refractivity contribution is 0.601. The Morgan fingerprint density at radius 3 is 2.30 bits per heavy atom. The normalized spacial score (nSPS) is 45.7. The zero-order valence-corrected chi connectivity index (χ0v) is 9.20. The van der Waals surface area contributed by atoms with Gasteiger partial charge in [-0.25, -0.2) is 8.42 Å². The van der Waals surface area contributed by atoms with Gasteiger partial charge in [-0.05, 0) is 6.92 Å². The second kappa shape index (κ2) is 2.48. The van der Waals surface area contributed by atoms with Crippen molar-refractivity contribution in [2.24, 2.45) is 0 Å². The molecule has 5 heteroatoms. The summed E-state index contributed by atoms with van der Waals surface area (Å²) in [6, 6.07) is 0. The molecule has 0 N–H and O–H groups in total. The number of alkyl halides is 2. The summed E-state index contributed by atoms with van der Waals surface area (Å²) >= 11 is 8.00. The number of sulfone groups is 1. The lowest BCUT2D eigenvalue weighted by Gasteiger charge is -2.15. The van der Waals surface area contributed by atoms with Crippen LogP contribution >= 0.6 is 34.2 Å². The lowest BCUT2D eigenvalue weighted by Crippen LogP contribution is -2.26. The molecule has 10 heavy (non-hydrogen) atoms. The van der Waals surface area contributed by atoms with E-state index in [-0.39, 0.29) is 15.4 Å². The molecular weight excluding hydrogens is 286 g/mol. The van der Waals surface area contributed by atoms with Crippen LogP contribution in [0, 0.1) is 0 Å². The Morgan fingerprint density at radius 2 is 2.20 bits per heavy atom. The average molecular weight is 295 g/mol. The standard InChI is InChI=1S/C5H8ClIO2S/c1-5(6)3-10(8,9)2-4(5)7/h4H,2-3H2,1H3. The largest absolute Gasteiger partial charge is 0.229 e. The van der Waals surface area contributed by atoms with Crippen molar-refractivity contribution in [2.75, 3.05) is 11.5 Å². The fourth-order valence-corrected chi connectivity index (χ4v) is 5.80. The van der Waals surface area contributed by atoms with E-state index in [1.807, 2.05) is 0 Å². The SMILES string of the molecule is CC1(Cl)CS(=O)(=O)CC1I. The van der Waals surface area contributed by atoms with Gasteiger partial charge in [0.2, 0.25) is 0 Å². The second-order valence-electron chi connectivity index (χ2n) is 2.80. The Bertz CT molecular complexity index is 234. The third kappa shape index (κ3) is 1.76. The molecule has 1 fully saturated rings. The van der Waals surface area contributed by atoms with E-state index in [0.717, 1.165) is 0 Å². The van der Waals surface area contributed by atoms with Gasteiger partial charge in [-0.1, -0.05) is 22.6 Å². The highest BCUT2D eigenvalue weighted by molar-refractivity contribution is 14.1. The lowest BCUT2D eigenvalue weighted by atomic mass is 10.1. The molecule has 1 rings (SSSR count). The van der Waals surface area contributed by atoms with Gasteiger partial charge in [-0.15, -0.1) is 11.6 Å². The minimum absolute atomic E-state index is 0.0526. The van der Waals surface area contributed by atoms with Crippen molar-refractivity contribution >= 4 is 44.0 Å². The molecule has 0 radical (unpaired) electrons. The summed E-state index contributed by atoms with van der Waals surface area (Å²) in [7, 11) is -2.84. The van der Waals surface area contributed by atoms with Crippen LogP contribution in [0.5, 0.6) is 0 Å². The van der Waals surface area contributed by atoms with E-state index in [1.54, 1.807) is 6.92 Å². The molecule has 0 bridgehead atoms. The van der Waals surface area contributed by atoms with Crippen LogP contribution in [0.25, 0.3) is 0 Å². The van der Waals surface area contributed by atoms with Crippen molar-refractivity contribution in [1.29, 1.82) is 0 Å². The summed E-state index contributed by atoms with van der Waals surface area (Å²) in [4.78, 5) is -0.542. The molecule has 60 valence electrons. The summed E-state index contributed by atoms with van der Waals surface area (Å²) < 4.78 is 22.0. The van der Waals surface area contributed by atoms with Crippen LogP contribution in [0.1, 0.15) is 6.92 Å². The Labute approximate surface area is 79.4 Å². The van der Waals surface area contributed by atoms with Crippen molar-refractivity contribution in [3.8, 4) is 0 Å². The first kappa shape index (κ1) is 9.06. The van der Waals surface area contributed by atoms with Gasteiger partial charge in [-0.2, -0.15) is 0 Å². The number of rotatable bonds is 0. The molecule has 0 saturated carbocycles. The number of hydrogen-bond acceptors (Lipinski definition) is 2. The van der Waals surface area contributed by atoms with Crippen LogP contribution in [0.3, 0.4) is 0 Å². The van der Waals surface area contributed by atoms with Gasteiger partial charge >= 0.3 is 0 Å². The monoisotopic (exact) mass is 294 g/mol. The summed E-state index contributed by atoms with van der Waals surface area (Å²) in [6.45, 7) is 1.77. The van der Waals surface area contributed by atoms with E-state index in [2.05, 4.69) is 22.6 Å². The topological polar surface area (TPSA) is 34.1 Å². The van der Waals surface area contributed by atoms with Crippen molar-refractivity contribution < 1.29 is 8.42 Å². The first-order chi connectivity index (χ1) is 4.33. The summed E-state index contributed by atoms with van der Waals surface area (Å²) in [5.74, 6) is 0.350. The molecular formula is C5H8ClIO2S. The van der Waals surface area contributed by atoms with Crippen LogP contribution in [0.2, 0.25) is 0 Å². The molecule has 0 spiro atoms. The molecule has 1 aliphatic heterocycles. The maximum Gasteiger partial charge on any atom is 0.153 e. The first-order valence-corrected chi connectivity index (χ1v) is 6.31. The fraction of sp³-hybridized carbons (Fsp3) is 1.00. The minimum Gasteiger partial charge on any atom is -0.229 e. The highest BCUT2D eigenvalue weighted by Gasteiger charge is 2.44. The predicted molar refractivity (Wildman–Crippen MR) is 50.7 cm³/mol. The third-order valence-corrected chi connectivity index (χ3v) is 6.77. The molecule has 0 amide bonds.